The van der Waals surface area contributed by atoms with E-state index in [1.165, 1.54) is 22.7 Å². The second-order valence-corrected chi connectivity index (χ2v) is 8.85. The highest BCUT2D eigenvalue weighted by Gasteiger charge is 2.17. The first kappa shape index (κ1) is 16.3. The lowest BCUT2D eigenvalue weighted by atomic mass is 10.3. The lowest BCUT2D eigenvalue weighted by Gasteiger charge is -2.02. The molecule has 0 saturated heterocycles. The Bertz CT molecular complexity index is 886. The molecule has 0 aliphatic heterocycles. The van der Waals surface area contributed by atoms with Gasteiger partial charge >= 0.3 is 0 Å². The van der Waals surface area contributed by atoms with Gasteiger partial charge in [0, 0.05) is 16.5 Å². The van der Waals surface area contributed by atoms with Gasteiger partial charge < -0.3 is 0 Å². The van der Waals surface area contributed by atoms with Gasteiger partial charge in [0.1, 0.15) is 9.22 Å². The summed E-state index contributed by atoms with van der Waals surface area (Å²) in [6, 6.07) is 9.11. The molecule has 5 nitrogen and oxygen atoms in total. The third-order valence-electron chi connectivity index (χ3n) is 3.14. The maximum atomic E-state index is 12.3. The summed E-state index contributed by atoms with van der Waals surface area (Å²) >= 11 is 2.71. The molecule has 3 aromatic rings. The minimum Gasteiger partial charge on any atom is -0.255 e. The summed E-state index contributed by atoms with van der Waals surface area (Å²) in [6.45, 7) is 2.18. The van der Waals surface area contributed by atoms with Crippen molar-refractivity contribution in [3.05, 3.63) is 51.8 Å². The Hall–Kier alpha value is -1.61. The van der Waals surface area contributed by atoms with Crippen molar-refractivity contribution in [3.63, 3.8) is 0 Å². The number of thiophene rings is 1. The number of hydrogen-bond donors (Lipinski definition) is 1. The number of sulfonamides is 1. The third-order valence-corrected chi connectivity index (χ3v) is 7.11. The highest BCUT2D eigenvalue weighted by molar-refractivity contribution is 7.91. The molecule has 3 aromatic heterocycles. The number of pyridine rings is 1. The van der Waals surface area contributed by atoms with Crippen LogP contribution < -0.4 is 4.72 Å². The topological polar surface area (TPSA) is 72.0 Å². The normalized spacial score (nSPS) is 11.7. The molecule has 23 heavy (non-hydrogen) atoms. The first-order chi connectivity index (χ1) is 11.1. The van der Waals surface area contributed by atoms with Crippen LogP contribution in [0.5, 0.6) is 0 Å². The number of aryl methyl sites for hydroxylation is 1. The number of hydrogen-bond acceptors (Lipinski definition) is 6. The fraction of sp³-hybridized carbons (Fsp3) is 0.200. The molecule has 0 amide bonds. The molecule has 1 N–H and O–H groups in total. The molecule has 3 heterocycles. The summed E-state index contributed by atoms with van der Waals surface area (Å²) in [5, 5.41) is 2.59. The molecule has 3 rings (SSSR count). The quantitative estimate of drug-likeness (QED) is 0.727. The molecule has 0 aromatic carbocycles. The monoisotopic (exact) mass is 365 g/mol. The number of aromatic nitrogens is 2. The van der Waals surface area contributed by atoms with Crippen molar-refractivity contribution in [2.75, 3.05) is 0 Å². The van der Waals surface area contributed by atoms with E-state index in [9.17, 15) is 8.42 Å². The van der Waals surface area contributed by atoms with Crippen LogP contribution in [0.3, 0.4) is 0 Å². The van der Waals surface area contributed by atoms with Crippen LogP contribution in [0.4, 0.5) is 0 Å². The fourth-order valence-electron chi connectivity index (χ4n) is 1.94. The van der Waals surface area contributed by atoms with E-state index < -0.39 is 10.0 Å². The van der Waals surface area contributed by atoms with Crippen LogP contribution in [-0.2, 0) is 23.0 Å². The van der Waals surface area contributed by atoms with Crippen molar-refractivity contribution in [1.82, 2.24) is 14.7 Å². The van der Waals surface area contributed by atoms with Gasteiger partial charge in [0.25, 0.3) is 0 Å². The van der Waals surface area contributed by atoms with Crippen LogP contribution in [0.15, 0.2) is 46.1 Å². The molecule has 0 unspecified atom stereocenters. The zero-order valence-electron chi connectivity index (χ0n) is 12.4. The zero-order valence-corrected chi connectivity index (χ0v) is 14.8. The molecular weight excluding hydrogens is 350 g/mol. The predicted molar refractivity (Wildman–Crippen MR) is 93.1 cm³/mol. The van der Waals surface area contributed by atoms with Gasteiger partial charge in [-0.2, -0.15) is 0 Å². The van der Waals surface area contributed by atoms with E-state index in [2.05, 4.69) is 14.7 Å². The number of nitrogens with zero attached hydrogens (tertiary/aromatic N) is 2. The summed E-state index contributed by atoms with van der Waals surface area (Å²) < 4.78 is 27.5. The van der Waals surface area contributed by atoms with E-state index >= 15 is 0 Å². The largest absolute Gasteiger partial charge is 0.255 e. The van der Waals surface area contributed by atoms with Gasteiger partial charge in [-0.3, -0.25) is 4.98 Å². The van der Waals surface area contributed by atoms with Crippen LogP contribution in [0.1, 0.15) is 16.8 Å². The van der Waals surface area contributed by atoms with Gasteiger partial charge in [-0.25, -0.2) is 18.1 Å². The summed E-state index contributed by atoms with van der Waals surface area (Å²) in [5.74, 6) is 0. The Morgan fingerprint density at radius 1 is 1.17 bits per heavy atom. The van der Waals surface area contributed by atoms with E-state index in [-0.39, 0.29) is 6.54 Å². The lowest BCUT2D eigenvalue weighted by Crippen LogP contribution is -2.22. The Balaban J connectivity index is 1.70. The van der Waals surface area contributed by atoms with E-state index in [1.54, 1.807) is 12.3 Å². The van der Waals surface area contributed by atoms with E-state index in [0.29, 0.717) is 9.22 Å². The molecule has 0 radical (unpaired) electrons. The van der Waals surface area contributed by atoms with Gasteiger partial charge in [0.15, 0.2) is 0 Å². The maximum Gasteiger partial charge on any atom is 0.250 e. The average Bonchev–Trinajstić information content (AvgIpc) is 3.23. The molecule has 0 saturated carbocycles. The molecule has 0 spiro atoms. The molecule has 0 fully saturated rings. The Morgan fingerprint density at radius 2 is 2.04 bits per heavy atom. The predicted octanol–water partition coefficient (Wildman–Crippen LogP) is 3.31. The molecular formula is C15H15N3O2S3. The summed E-state index contributed by atoms with van der Waals surface area (Å²) in [5.41, 5.74) is 1.54. The van der Waals surface area contributed by atoms with E-state index in [4.69, 9.17) is 0 Å². The van der Waals surface area contributed by atoms with Gasteiger partial charge in [-0.15, -0.1) is 22.7 Å². The third kappa shape index (κ3) is 3.84. The highest BCUT2D eigenvalue weighted by Crippen LogP contribution is 2.23. The molecule has 120 valence electrons. The first-order valence-corrected chi connectivity index (χ1v) is 10.2. The molecule has 0 bridgehead atoms. The summed E-state index contributed by atoms with van der Waals surface area (Å²) in [7, 11) is -3.48. The second kappa shape index (κ2) is 6.88. The van der Waals surface area contributed by atoms with Crippen LogP contribution >= 0.6 is 22.7 Å². The zero-order chi connectivity index (χ0) is 16.3. The molecule has 0 atom stereocenters. The summed E-state index contributed by atoms with van der Waals surface area (Å²) in [4.78, 5) is 9.72. The number of thiazole rings is 1. The maximum absolute atomic E-state index is 12.3. The Kier molecular flexibility index (Phi) is 4.86. The van der Waals surface area contributed by atoms with Crippen LogP contribution in [-0.4, -0.2) is 18.4 Å². The van der Waals surface area contributed by atoms with Crippen molar-refractivity contribution in [2.24, 2.45) is 0 Å². The minimum absolute atomic E-state index is 0.180. The molecule has 0 aliphatic carbocycles. The van der Waals surface area contributed by atoms with Crippen molar-refractivity contribution >= 4 is 32.7 Å². The minimum atomic E-state index is -3.48. The van der Waals surface area contributed by atoms with Gasteiger partial charge in [0.2, 0.25) is 10.0 Å². The number of nitrogens with one attached hydrogen (secondary N) is 1. The number of rotatable bonds is 6. The second-order valence-electron chi connectivity index (χ2n) is 4.74. The van der Waals surface area contributed by atoms with Crippen molar-refractivity contribution in [2.45, 2.75) is 24.1 Å². The average molecular weight is 366 g/mol. The van der Waals surface area contributed by atoms with Gasteiger partial charge in [0.05, 0.1) is 17.9 Å². The van der Waals surface area contributed by atoms with Crippen molar-refractivity contribution in [3.8, 4) is 11.4 Å². The fourth-order valence-corrected chi connectivity index (χ4v) is 5.09. The molecule has 0 aliphatic rings. The molecule has 8 heteroatoms. The van der Waals surface area contributed by atoms with Crippen LogP contribution in [0.2, 0.25) is 0 Å². The van der Waals surface area contributed by atoms with E-state index in [1.807, 2.05) is 36.6 Å². The lowest BCUT2D eigenvalue weighted by molar-refractivity contribution is 0.583. The van der Waals surface area contributed by atoms with Crippen LogP contribution in [0.25, 0.3) is 11.4 Å². The SMILES string of the molecule is CCc1ccc(S(=O)(=O)NCc2nc(-c3ccccn3)cs2)s1. The van der Waals surface area contributed by atoms with E-state index in [0.717, 1.165) is 22.7 Å². The van der Waals surface area contributed by atoms with Crippen LogP contribution in [0, 0.1) is 0 Å². The van der Waals surface area contributed by atoms with Gasteiger partial charge in [-0.1, -0.05) is 13.0 Å². The smallest absolute Gasteiger partial charge is 0.250 e. The first-order valence-electron chi connectivity index (χ1n) is 7.02. The van der Waals surface area contributed by atoms with Crippen molar-refractivity contribution in [1.29, 1.82) is 0 Å². The summed E-state index contributed by atoms with van der Waals surface area (Å²) in [6.07, 6.45) is 2.54. The standard InChI is InChI=1S/C15H15N3O2S3/c1-2-11-6-7-15(22-11)23(19,20)17-9-14-18-13(10-21-14)12-5-3-4-8-16-12/h3-8,10,17H,2,9H2,1H3. The Labute approximate surface area is 143 Å². The Morgan fingerprint density at radius 3 is 2.74 bits per heavy atom. The highest BCUT2D eigenvalue weighted by atomic mass is 32.2. The van der Waals surface area contributed by atoms with Gasteiger partial charge in [-0.05, 0) is 30.7 Å². The van der Waals surface area contributed by atoms with Crippen molar-refractivity contribution < 1.29 is 8.42 Å².